The summed E-state index contributed by atoms with van der Waals surface area (Å²) in [7, 11) is 0. The van der Waals surface area contributed by atoms with E-state index < -0.39 is 46.4 Å². The molecule has 8 N–H and O–H groups in total. The summed E-state index contributed by atoms with van der Waals surface area (Å²) in [4.78, 5) is 87.0. The Labute approximate surface area is 279 Å². The van der Waals surface area contributed by atoms with Gasteiger partial charge in [0.1, 0.15) is 27.8 Å². The first-order valence-corrected chi connectivity index (χ1v) is 16.4. The lowest BCUT2D eigenvalue weighted by atomic mass is 10.0. The molecule has 1 saturated heterocycles. The molecule has 48 heavy (non-hydrogen) atoms. The molecule has 6 rings (SSSR count). The fourth-order valence-electron chi connectivity index (χ4n) is 4.58. The van der Waals surface area contributed by atoms with E-state index in [0.29, 0.717) is 16.3 Å². The molecule has 0 spiro atoms. The molecule has 0 aromatic carbocycles. The maximum Gasteiger partial charge on any atom is 0.352 e. The number of amides is 3. The van der Waals surface area contributed by atoms with Gasteiger partial charge in [-0.25, -0.2) is 14.8 Å². The van der Waals surface area contributed by atoms with Crippen molar-refractivity contribution in [2.75, 3.05) is 17.2 Å². The summed E-state index contributed by atoms with van der Waals surface area (Å²) in [6.07, 6.45) is 1.02. The Hall–Kier alpha value is -5.55. The van der Waals surface area contributed by atoms with Crippen molar-refractivity contribution >= 4 is 75.2 Å². The number of aromatic nitrogens is 7. The lowest BCUT2D eigenvalue weighted by Crippen LogP contribution is -2.71. The number of aryl methyl sites for hydroxylation is 1. The molecule has 4 aromatic heterocycles. The number of hydrogen-bond donors (Lipinski definition) is 6. The normalized spacial score (nSPS) is 17.6. The second-order valence-corrected chi connectivity index (χ2v) is 13.0. The summed E-state index contributed by atoms with van der Waals surface area (Å²) < 4.78 is 1.33. The Morgan fingerprint density at radius 2 is 2.04 bits per heavy atom. The van der Waals surface area contributed by atoms with E-state index in [1.54, 1.807) is 13.0 Å². The number of aromatic amines is 1. The molecule has 6 heterocycles. The van der Waals surface area contributed by atoms with E-state index in [1.807, 2.05) is 0 Å². The van der Waals surface area contributed by atoms with Crippen molar-refractivity contribution in [2.45, 2.75) is 30.0 Å². The van der Waals surface area contributed by atoms with Crippen molar-refractivity contribution < 1.29 is 34.2 Å². The third kappa shape index (κ3) is 6.24. The Balaban J connectivity index is 1.18. The number of aliphatic carboxylic acids is 1. The zero-order chi connectivity index (χ0) is 34.3. The lowest BCUT2D eigenvalue weighted by molar-refractivity contribution is -0.150. The van der Waals surface area contributed by atoms with Gasteiger partial charge in [0.05, 0.1) is 6.20 Å². The monoisotopic (exact) mass is 714 g/mol. The predicted octanol–water partition coefficient (Wildman–Crippen LogP) is -1.19. The number of oxime groups is 1. The van der Waals surface area contributed by atoms with Crippen LogP contribution in [0.1, 0.15) is 27.8 Å². The van der Waals surface area contributed by atoms with E-state index in [-0.39, 0.29) is 57.8 Å². The van der Waals surface area contributed by atoms with Crippen molar-refractivity contribution in [3.63, 3.8) is 0 Å². The number of carboxylic acids is 1. The number of carbonyl (C=O) groups excluding carboxylic acids is 3. The first-order chi connectivity index (χ1) is 22.9. The van der Waals surface area contributed by atoms with Gasteiger partial charge in [0, 0.05) is 22.6 Å². The Bertz CT molecular complexity index is 2130. The van der Waals surface area contributed by atoms with Gasteiger partial charge in [-0.1, -0.05) is 5.16 Å². The Morgan fingerprint density at radius 3 is 2.73 bits per heavy atom. The average Bonchev–Trinajstić information content (AvgIpc) is 3.68. The molecule has 0 unspecified atom stereocenters. The molecular weight excluding hydrogens is 693 g/mol. The minimum Gasteiger partial charge on any atom is -0.502 e. The number of rotatable bonds is 11. The van der Waals surface area contributed by atoms with Crippen LogP contribution in [0.4, 0.5) is 5.13 Å². The molecule has 0 bridgehead atoms. The van der Waals surface area contributed by atoms with Crippen LogP contribution in [0, 0.1) is 6.92 Å². The largest absolute Gasteiger partial charge is 0.502 e. The highest BCUT2D eigenvalue weighted by Gasteiger charge is 2.54. The van der Waals surface area contributed by atoms with Gasteiger partial charge in [0.15, 0.2) is 29.0 Å². The zero-order valence-electron chi connectivity index (χ0n) is 24.3. The average molecular weight is 715 g/mol. The Morgan fingerprint density at radius 1 is 1.25 bits per heavy atom. The molecule has 2 atom stereocenters. The van der Waals surface area contributed by atoms with Crippen molar-refractivity contribution in [2.24, 2.45) is 10.9 Å². The molecule has 2 aliphatic rings. The molecule has 248 valence electrons. The lowest BCUT2D eigenvalue weighted by Gasteiger charge is -2.49. The summed E-state index contributed by atoms with van der Waals surface area (Å²) >= 11 is 3.50. The molecule has 0 aliphatic carbocycles. The number of thioether (sulfide) groups is 2. The van der Waals surface area contributed by atoms with Crippen LogP contribution >= 0.6 is 34.9 Å². The van der Waals surface area contributed by atoms with Gasteiger partial charge in [-0.2, -0.15) is 14.5 Å². The highest BCUT2D eigenvalue weighted by Crippen LogP contribution is 2.41. The first-order valence-electron chi connectivity index (χ1n) is 13.5. The van der Waals surface area contributed by atoms with E-state index >= 15 is 0 Å². The van der Waals surface area contributed by atoms with E-state index in [0.717, 1.165) is 22.4 Å². The standard InChI is InChI=1S/C25H22N12O8S3/c1-8-2-13(37-25(29-8)33-18(34-37)17(26)39)46-5-9-6-47-22-15(21(42)36(22)16(9)23(43)44)32-20(41)14(10-7-48-24(27)30-10)35-45-4-12-28-3-11(38)19(40)31-12/h2-3,7,15,22,38H,4-6H2,1H3,(H2,26,39)(H2,27,30)(H,32,41)(H,43,44)(H,28,31,40)/b35-14-/t15-,22-/m1/s1. The van der Waals surface area contributed by atoms with Crippen LogP contribution in [-0.4, -0.2) is 102 Å². The van der Waals surface area contributed by atoms with Crippen LogP contribution in [0.2, 0.25) is 0 Å². The fraction of sp³-hybridized carbons (Fsp3) is 0.240. The summed E-state index contributed by atoms with van der Waals surface area (Å²) in [5.41, 5.74) is 10.7. The van der Waals surface area contributed by atoms with Gasteiger partial charge in [-0.15, -0.1) is 40.0 Å². The summed E-state index contributed by atoms with van der Waals surface area (Å²) in [6.45, 7) is 1.33. The number of hydrogen-bond acceptors (Lipinski definition) is 17. The highest BCUT2D eigenvalue weighted by molar-refractivity contribution is 8.01. The van der Waals surface area contributed by atoms with Crippen molar-refractivity contribution in [1.82, 2.24) is 44.8 Å². The number of carbonyl (C=O) groups is 4. The van der Waals surface area contributed by atoms with Gasteiger partial charge in [-0.05, 0) is 18.6 Å². The first kappa shape index (κ1) is 32.4. The number of carboxylic acid groups (broad SMARTS) is 1. The molecular formula is C25H22N12O8S3. The molecule has 23 heteroatoms. The Kier molecular flexibility index (Phi) is 8.72. The van der Waals surface area contributed by atoms with Gasteiger partial charge in [0.25, 0.3) is 23.5 Å². The molecule has 1 fully saturated rings. The highest BCUT2D eigenvalue weighted by atomic mass is 32.2. The SMILES string of the molecule is Cc1cc(SCC2=C(C(=O)O)N3C(=O)[C@@H](NC(=O)/C(=N\OCc4nc(=O)c(O)c[nH]4)c4csc(N)n4)[C@H]3SC2)n2nc(C(N)=O)nc2n1. The second kappa shape index (κ2) is 12.9. The number of nitrogen functional groups attached to an aromatic ring is 1. The number of thiazole rings is 1. The van der Waals surface area contributed by atoms with Crippen LogP contribution in [0.15, 0.2) is 43.9 Å². The van der Waals surface area contributed by atoms with Crippen LogP contribution in [0.3, 0.4) is 0 Å². The van der Waals surface area contributed by atoms with Crippen LogP contribution in [0.25, 0.3) is 5.78 Å². The smallest absolute Gasteiger partial charge is 0.352 e. The topological polar surface area (TPSA) is 299 Å². The van der Waals surface area contributed by atoms with Gasteiger partial charge < -0.3 is 36.8 Å². The number of nitrogens with zero attached hydrogens (tertiary/aromatic N) is 8. The van der Waals surface area contributed by atoms with Crippen LogP contribution in [-0.2, 0) is 25.8 Å². The maximum absolute atomic E-state index is 13.4. The fourth-order valence-corrected chi connectivity index (χ4v) is 7.67. The third-order valence-corrected chi connectivity index (χ3v) is 9.82. The number of nitrogens with one attached hydrogen (secondary N) is 2. The number of nitrogens with two attached hydrogens (primary N) is 2. The minimum atomic E-state index is -1.32. The molecule has 4 aromatic rings. The maximum atomic E-state index is 13.4. The number of anilines is 1. The molecule has 20 nitrogen and oxygen atoms in total. The summed E-state index contributed by atoms with van der Waals surface area (Å²) in [5.74, 6) is -3.96. The molecule has 3 amide bonds. The van der Waals surface area contributed by atoms with E-state index in [9.17, 15) is 34.2 Å². The van der Waals surface area contributed by atoms with Crippen molar-refractivity contribution in [3.05, 3.63) is 62.3 Å². The molecule has 0 saturated carbocycles. The molecule has 0 radical (unpaired) electrons. The van der Waals surface area contributed by atoms with Crippen molar-refractivity contribution in [3.8, 4) is 5.75 Å². The predicted molar refractivity (Wildman–Crippen MR) is 169 cm³/mol. The van der Waals surface area contributed by atoms with E-state index in [2.05, 4.69) is 40.5 Å². The van der Waals surface area contributed by atoms with Crippen LogP contribution < -0.4 is 22.3 Å². The number of aromatic hydroxyl groups is 1. The second-order valence-electron chi connectivity index (χ2n) is 9.98. The zero-order valence-corrected chi connectivity index (χ0v) is 26.8. The minimum absolute atomic E-state index is 0.00431. The molecule has 2 aliphatic heterocycles. The summed E-state index contributed by atoms with van der Waals surface area (Å²) in [5, 5.41) is 31.3. The quantitative estimate of drug-likeness (QED) is 0.0350. The number of H-pyrrole nitrogens is 1. The van der Waals surface area contributed by atoms with Gasteiger partial charge in [-0.3, -0.25) is 24.1 Å². The van der Waals surface area contributed by atoms with Gasteiger partial charge in [0.2, 0.25) is 5.82 Å². The number of fused-ring (bicyclic) bond motifs is 2. The van der Waals surface area contributed by atoms with E-state index in [1.165, 1.54) is 33.4 Å². The van der Waals surface area contributed by atoms with Gasteiger partial charge >= 0.3 is 11.5 Å². The van der Waals surface area contributed by atoms with Crippen molar-refractivity contribution in [1.29, 1.82) is 0 Å². The van der Waals surface area contributed by atoms with Crippen LogP contribution in [0.5, 0.6) is 5.75 Å². The third-order valence-electron chi connectivity index (χ3n) is 6.73. The summed E-state index contributed by atoms with van der Waals surface area (Å²) in [6, 6.07) is 0.587. The number of primary amides is 1. The number of β-lactam (4-membered cyclic amide) rings is 1. The van der Waals surface area contributed by atoms with E-state index in [4.69, 9.17) is 16.3 Å².